The number of ether oxygens (including phenoxy) is 3. The normalized spacial score (nSPS) is 11.5. The Labute approximate surface area is 313 Å². The van der Waals surface area contributed by atoms with Gasteiger partial charge in [0.05, 0.1) is 29.9 Å². The van der Waals surface area contributed by atoms with Gasteiger partial charge in [0.2, 0.25) is 5.36 Å². The zero-order valence-corrected chi connectivity index (χ0v) is 30.0. The number of nitrogens with two attached hydrogens (primary N) is 1. The van der Waals surface area contributed by atoms with E-state index in [2.05, 4.69) is 26.4 Å². The van der Waals surface area contributed by atoms with Gasteiger partial charge < -0.3 is 45.2 Å². The lowest BCUT2D eigenvalue weighted by atomic mass is 9.88. The van der Waals surface area contributed by atoms with E-state index in [1.165, 1.54) is 24.3 Å². The average molecular weight is 754 g/mol. The molecule has 3 aromatic rings. The summed E-state index contributed by atoms with van der Waals surface area (Å²) in [6, 6.07) is 17.7. The zero-order chi connectivity index (χ0) is 39.6. The molecule has 0 spiro atoms. The van der Waals surface area contributed by atoms with Crippen LogP contribution in [0.3, 0.4) is 0 Å². The number of nitrogens with zero attached hydrogens (tertiary/aromatic N) is 3. The minimum atomic E-state index is -1.18. The number of quaternary nitrogens is 1. The van der Waals surface area contributed by atoms with Gasteiger partial charge in [0.15, 0.2) is 6.23 Å². The van der Waals surface area contributed by atoms with Crippen LogP contribution in [-0.2, 0) is 14.3 Å². The number of hydrogen-bond donors (Lipinski definition) is 6. The van der Waals surface area contributed by atoms with Crippen LogP contribution < -0.4 is 31.9 Å². The molecule has 9 N–H and O–H groups in total. The maximum atomic E-state index is 13.4. The van der Waals surface area contributed by atoms with Crippen molar-refractivity contribution in [2.75, 3.05) is 39.5 Å². The number of carbonyl (C=O) groups is 4. The van der Waals surface area contributed by atoms with Gasteiger partial charge in [-0.15, -0.1) is 0 Å². The number of azide groups is 1. The van der Waals surface area contributed by atoms with Crippen molar-refractivity contribution < 1.29 is 59.2 Å². The number of nitrogens with one attached hydrogen (secondary N) is 2. The molecule has 0 radical (unpaired) electrons. The Morgan fingerprint density at radius 1 is 0.927 bits per heavy atom. The first kappa shape index (κ1) is 39.4. The fraction of sp³-hybridized carbons (Fsp3) is 0.237. The molecule has 284 valence electrons. The zero-order valence-electron chi connectivity index (χ0n) is 30.0. The molecule has 17 nitrogen and oxygen atoms in total. The third-order valence-electron chi connectivity index (χ3n) is 8.62. The minimum Gasteiger partial charge on any atom is -0.491 e. The highest BCUT2D eigenvalue weighted by Gasteiger charge is 2.26. The van der Waals surface area contributed by atoms with Crippen molar-refractivity contribution in [3.05, 3.63) is 110 Å². The van der Waals surface area contributed by atoms with Crippen molar-refractivity contribution in [2.24, 2.45) is 5.11 Å². The van der Waals surface area contributed by atoms with Gasteiger partial charge in [0.25, 0.3) is 11.8 Å². The van der Waals surface area contributed by atoms with Crippen LogP contribution in [0.4, 0.5) is 5.69 Å². The van der Waals surface area contributed by atoms with Gasteiger partial charge in [-0.1, -0.05) is 11.2 Å². The summed E-state index contributed by atoms with van der Waals surface area (Å²) in [6.07, 6.45) is -1.03. The Morgan fingerprint density at radius 2 is 1.65 bits per heavy atom. The van der Waals surface area contributed by atoms with E-state index in [9.17, 15) is 24.3 Å². The number of aromatic carboxylic acids is 1. The fourth-order valence-corrected chi connectivity index (χ4v) is 5.74. The lowest BCUT2D eigenvalue weighted by Crippen LogP contribution is -2.46. The monoisotopic (exact) mass is 753 g/mol. The molecular weight excluding hydrogens is 714 g/mol. The Morgan fingerprint density at radius 3 is 2.35 bits per heavy atom. The van der Waals surface area contributed by atoms with E-state index in [0.717, 1.165) is 11.3 Å². The van der Waals surface area contributed by atoms with Crippen LogP contribution in [0.1, 0.15) is 42.2 Å². The third kappa shape index (κ3) is 9.42. The predicted molar refractivity (Wildman–Crippen MR) is 196 cm³/mol. The summed E-state index contributed by atoms with van der Waals surface area (Å²) in [6.45, 7) is 3.04. The number of carboxylic acid groups (broad SMARTS) is 2. The number of amides is 2. The molecule has 0 bridgehead atoms. The summed E-state index contributed by atoms with van der Waals surface area (Å²) in [5, 5.41) is 35.2. The fourth-order valence-electron chi connectivity index (χ4n) is 5.74. The number of rotatable bonds is 17. The van der Waals surface area contributed by atoms with Crippen LogP contribution in [0, 0.1) is 13.8 Å². The van der Waals surface area contributed by atoms with Crippen LogP contribution in [0.2, 0.25) is 0 Å². The molecule has 5 rings (SSSR count). The highest BCUT2D eigenvalue weighted by Crippen LogP contribution is 2.43. The lowest BCUT2D eigenvalue weighted by Gasteiger charge is -2.19. The number of fused-ring (bicyclic) bond motifs is 2. The van der Waals surface area contributed by atoms with Crippen molar-refractivity contribution in [1.82, 2.24) is 10.6 Å². The molecule has 3 aromatic carbocycles. The quantitative estimate of drug-likeness (QED) is 0.0265. The summed E-state index contributed by atoms with van der Waals surface area (Å²) in [5.41, 5.74) is 17.6. The van der Waals surface area contributed by atoms with Gasteiger partial charge in [0.1, 0.15) is 36.0 Å². The summed E-state index contributed by atoms with van der Waals surface area (Å²) in [5.74, 6) is -2.47. The molecule has 1 aliphatic heterocycles. The van der Waals surface area contributed by atoms with E-state index in [0.29, 0.717) is 50.1 Å². The molecule has 1 unspecified atom stereocenters. The molecule has 1 heterocycles. The maximum absolute atomic E-state index is 13.4. The van der Waals surface area contributed by atoms with Crippen molar-refractivity contribution >= 4 is 40.4 Å². The number of benzene rings is 4. The first-order valence-corrected chi connectivity index (χ1v) is 16.9. The van der Waals surface area contributed by atoms with Crippen LogP contribution in [-0.4, -0.2) is 79.7 Å². The van der Waals surface area contributed by atoms with E-state index < -0.39 is 36.6 Å². The first-order chi connectivity index (χ1) is 26.4. The van der Waals surface area contributed by atoms with Crippen LogP contribution in [0.15, 0.2) is 76.3 Å². The summed E-state index contributed by atoms with van der Waals surface area (Å²) in [7, 11) is 0. The van der Waals surface area contributed by atoms with Gasteiger partial charge in [-0.2, -0.15) is 0 Å². The van der Waals surface area contributed by atoms with Crippen molar-refractivity contribution in [1.29, 1.82) is 0 Å². The van der Waals surface area contributed by atoms with E-state index in [1.54, 1.807) is 30.3 Å². The Balaban J connectivity index is 1.26. The van der Waals surface area contributed by atoms with Gasteiger partial charge >= 0.3 is 11.9 Å². The second kappa shape index (κ2) is 17.8. The number of carbonyl (C=O) groups excluding carboxylic acids is 2. The number of aryl methyl sites for hydroxylation is 1. The van der Waals surface area contributed by atoms with Crippen molar-refractivity contribution in [3.8, 4) is 28.2 Å². The van der Waals surface area contributed by atoms with Gasteiger partial charge in [-0.05, 0) is 73.5 Å². The predicted octanol–water partition coefficient (Wildman–Crippen LogP) is 2.35. The van der Waals surface area contributed by atoms with Crippen LogP contribution in [0.5, 0.6) is 5.75 Å². The smallest absolute Gasteiger partial charge is 0.336 e. The summed E-state index contributed by atoms with van der Waals surface area (Å²) < 4.78 is 22.2. The van der Waals surface area contributed by atoms with Crippen molar-refractivity contribution in [3.63, 3.8) is 0 Å². The average Bonchev–Trinajstić information content (AvgIpc) is 3.17. The van der Waals surface area contributed by atoms with Crippen molar-refractivity contribution in [2.45, 2.75) is 20.1 Å². The Kier molecular flexibility index (Phi) is 12.8. The first-order valence-electron chi connectivity index (χ1n) is 16.9. The minimum absolute atomic E-state index is 0.0157. The van der Waals surface area contributed by atoms with E-state index >= 15 is 0 Å². The molecule has 0 saturated carbocycles. The van der Waals surface area contributed by atoms with E-state index in [4.69, 9.17) is 34.7 Å². The lowest BCUT2D eigenvalue weighted by molar-refractivity contribution is -0.255. The second-order valence-corrected chi connectivity index (χ2v) is 12.3. The standard InChI is InChI=1S/C38H37N7O10/c1-20-29(39)10-8-26-33(27-9-11-30(40)21(2)35(27)55-34(20)26)28-17-23(6-7-25(28)38(50)51)37(49)43-13-12-42-36(48)22-4-3-5-24(16-22)54-18-31(44-45-41)53-15-14-52-19-32(46)47/h3-11,16-17,31,39H,12-15,18-19,40H2,1-2H3,(H,42,48)(H,43,49)(H,46,47)(H,50,51)/p+2. The Hall–Kier alpha value is -6.78. The Bertz CT molecular complexity index is 2350. The van der Waals surface area contributed by atoms with Gasteiger partial charge in [-0.3, -0.25) is 15.0 Å². The molecule has 0 saturated heterocycles. The largest absolute Gasteiger partial charge is 0.491 e. The van der Waals surface area contributed by atoms with Gasteiger partial charge in [0, 0.05) is 57.8 Å². The van der Waals surface area contributed by atoms with E-state index in [-0.39, 0.29) is 49.6 Å². The molecule has 1 aliphatic carbocycles. The molecule has 17 heteroatoms. The topological polar surface area (TPSA) is 276 Å². The van der Waals surface area contributed by atoms with E-state index in [1.807, 2.05) is 26.0 Å². The third-order valence-corrected chi connectivity index (χ3v) is 8.62. The highest BCUT2D eigenvalue weighted by molar-refractivity contribution is 6.10. The highest BCUT2D eigenvalue weighted by atomic mass is 16.6. The molecule has 2 aliphatic rings. The van der Waals surface area contributed by atoms with Crippen LogP contribution >= 0.6 is 0 Å². The maximum Gasteiger partial charge on any atom is 0.336 e. The second-order valence-electron chi connectivity index (χ2n) is 12.3. The molecule has 55 heavy (non-hydrogen) atoms. The molecule has 2 amide bonds. The molecule has 0 fully saturated rings. The summed E-state index contributed by atoms with van der Waals surface area (Å²) in [4.78, 5) is 52.1. The number of carboxylic acids is 2. The van der Waals surface area contributed by atoms with Gasteiger partial charge in [-0.25, -0.2) is 9.59 Å². The number of hydrogen-bond acceptors (Lipinski definition) is 9. The SMILES string of the molecule is Cc1c2oc3c(C)c([NH3+])ccc3c(-c3cc(C(=O)NCCNC(=O)c4cccc(OCC(N=[N+]=[N-])OCCOCC(=O)O)c4)ccc3C(=O)O)c-2ccc1=[NH2+]. The summed E-state index contributed by atoms with van der Waals surface area (Å²) >= 11 is 0. The number of aliphatic carboxylic acids is 1. The molecule has 1 atom stereocenters. The molecule has 0 aromatic heterocycles. The van der Waals surface area contributed by atoms with Crippen LogP contribution in [0.25, 0.3) is 43.9 Å². The molecular formula is C38H39N7O10+2.